The second-order valence-corrected chi connectivity index (χ2v) is 4.28. The molecule has 0 bridgehead atoms. The molecule has 3 heteroatoms. The third kappa shape index (κ3) is 3.22. The first-order valence-electron chi connectivity index (χ1n) is 5.37. The standard InChI is InChI=1S/C13H21NO2/c1-13(15-4,16-5)10-11-6-8-12(9-7-11)14(2)3/h6-9H,10H2,1-5H3. The van der Waals surface area contributed by atoms with Crippen LogP contribution in [0.5, 0.6) is 0 Å². The number of hydrogen-bond acceptors (Lipinski definition) is 3. The van der Waals surface area contributed by atoms with Crippen molar-refractivity contribution in [3.63, 3.8) is 0 Å². The van der Waals surface area contributed by atoms with Crippen molar-refractivity contribution in [2.24, 2.45) is 0 Å². The van der Waals surface area contributed by atoms with E-state index in [2.05, 4.69) is 29.2 Å². The summed E-state index contributed by atoms with van der Waals surface area (Å²) in [6.45, 7) is 1.94. The van der Waals surface area contributed by atoms with Crippen LogP contribution in [0.25, 0.3) is 0 Å². The van der Waals surface area contributed by atoms with Crippen molar-refractivity contribution in [3.05, 3.63) is 29.8 Å². The second-order valence-electron chi connectivity index (χ2n) is 4.28. The number of benzene rings is 1. The van der Waals surface area contributed by atoms with Crippen LogP contribution in [-0.4, -0.2) is 34.1 Å². The zero-order valence-electron chi connectivity index (χ0n) is 10.8. The van der Waals surface area contributed by atoms with Gasteiger partial charge in [0.2, 0.25) is 0 Å². The van der Waals surface area contributed by atoms with E-state index < -0.39 is 5.79 Å². The highest BCUT2D eigenvalue weighted by Crippen LogP contribution is 2.19. The Morgan fingerprint density at radius 3 is 1.94 bits per heavy atom. The normalized spacial score (nSPS) is 11.6. The molecule has 0 unspecified atom stereocenters. The lowest BCUT2D eigenvalue weighted by atomic mass is 10.1. The molecule has 90 valence electrons. The van der Waals surface area contributed by atoms with Crippen molar-refractivity contribution in [2.45, 2.75) is 19.1 Å². The summed E-state index contributed by atoms with van der Waals surface area (Å²) in [7, 11) is 7.39. The predicted molar refractivity (Wildman–Crippen MR) is 66.9 cm³/mol. The fraction of sp³-hybridized carbons (Fsp3) is 0.538. The van der Waals surface area contributed by atoms with Gasteiger partial charge in [0.15, 0.2) is 5.79 Å². The maximum Gasteiger partial charge on any atom is 0.168 e. The predicted octanol–water partition coefficient (Wildman–Crippen LogP) is 2.30. The molecule has 0 aliphatic carbocycles. The Kier molecular flexibility index (Phi) is 4.33. The van der Waals surface area contributed by atoms with Gasteiger partial charge in [-0.25, -0.2) is 0 Å². The van der Waals surface area contributed by atoms with Gasteiger partial charge in [0, 0.05) is 40.4 Å². The summed E-state index contributed by atoms with van der Waals surface area (Å²) >= 11 is 0. The molecule has 1 aromatic rings. The SMILES string of the molecule is COC(C)(Cc1ccc(N(C)C)cc1)OC. The van der Waals surface area contributed by atoms with Gasteiger partial charge in [-0.2, -0.15) is 0 Å². The average molecular weight is 223 g/mol. The van der Waals surface area contributed by atoms with Gasteiger partial charge in [0.05, 0.1) is 0 Å². The molecule has 0 atom stereocenters. The van der Waals surface area contributed by atoms with Gasteiger partial charge in [0.25, 0.3) is 0 Å². The van der Waals surface area contributed by atoms with Gasteiger partial charge in [-0.05, 0) is 24.6 Å². The Bertz CT molecular complexity index is 315. The minimum absolute atomic E-state index is 0.542. The summed E-state index contributed by atoms with van der Waals surface area (Å²) in [6, 6.07) is 8.40. The van der Waals surface area contributed by atoms with E-state index in [1.165, 1.54) is 11.3 Å². The van der Waals surface area contributed by atoms with Crippen LogP contribution < -0.4 is 4.90 Å². The Hall–Kier alpha value is -1.06. The number of rotatable bonds is 5. The van der Waals surface area contributed by atoms with Gasteiger partial charge < -0.3 is 14.4 Å². The minimum atomic E-state index is -0.542. The first-order chi connectivity index (χ1) is 7.50. The third-order valence-corrected chi connectivity index (χ3v) is 2.84. The van der Waals surface area contributed by atoms with Crippen LogP contribution in [0.15, 0.2) is 24.3 Å². The van der Waals surface area contributed by atoms with E-state index in [4.69, 9.17) is 9.47 Å². The lowest BCUT2D eigenvalue weighted by molar-refractivity contribution is -0.191. The number of anilines is 1. The van der Waals surface area contributed by atoms with Crippen LogP contribution in [0.1, 0.15) is 12.5 Å². The molecule has 0 amide bonds. The fourth-order valence-electron chi connectivity index (χ4n) is 1.51. The third-order valence-electron chi connectivity index (χ3n) is 2.84. The zero-order chi connectivity index (χ0) is 12.2. The molecule has 0 aliphatic heterocycles. The number of ether oxygens (including phenoxy) is 2. The first kappa shape index (κ1) is 13.0. The maximum atomic E-state index is 5.34. The van der Waals surface area contributed by atoms with E-state index in [1.54, 1.807) is 14.2 Å². The first-order valence-corrected chi connectivity index (χ1v) is 5.37. The molecule has 0 fully saturated rings. The summed E-state index contributed by atoms with van der Waals surface area (Å²) in [6.07, 6.45) is 0.744. The largest absolute Gasteiger partial charge is 0.378 e. The topological polar surface area (TPSA) is 21.7 Å². The quantitative estimate of drug-likeness (QED) is 0.715. The molecule has 0 spiro atoms. The monoisotopic (exact) mass is 223 g/mol. The van der Waals surface area contributed by atoms with Crippen LogP contribution in [0.4, 0.5) is 5.69 Å². The fourth-order valence-corrected chi connectivity index (χ4v) is 1.51. The molecule has 3 nitrogen and oxygen atoms in total. The van der Waals surface area contributed by atoms with Crippen LogP contribution >= 0.6 is 0 Å². The summed E-state index contributed by atoms with van der Waals surface area (Å²) in [5.41, 5.74) is 2.40. The van der Waals surface area contributed by atoms with Crippen LogP contribution in [0.2, 0.25) is 0 Å². The molecule has 0 saturated heterocycles. The highest BCUT2D eigenvalue weighted by atomic mass is 16.7. The Morgan fingerprint density at radius 2 is 1.56 bits per heavy atom. The van der Waals surface area contributed by atoms with Gasteiger partial charge in [-0.3, -0.25) is 0 Å². The molecular weight excluding hydrogens is 202 g/mol. The molecule has 0 heterocycles. The summed E-state index contributed by atoms with van der Waals surface area (Å²) in [5.74, 6) is -0.542. The number of methoxy groups -OCH3 is 2. The Labute approximate surface area is 98.0 Å². The van der Waals surface area contributed by atoms with E-state index in [-0.39, 0.29) is 0 Å². The Morgan fingerprint density at radius 1 is 1.06 bits per heavy atom. The van der Waals surface area contributed by atoms with E-state index in [0.29, 0.717) is 0 Å². The molecule has 0 radical (unpaired) electrons. The zero-order valence-corrected chi connectivity index (χ0v) is 10.8. The van der Waals surface area contributed by atoms with Crippen LogP contribution in [0, 0.1) is 0 Å². The lowest BCUT2D eigenvalue weighted by Gasteiger charge is -2.26. The van der Waals surface area contributed by atoms with Crippen LogP contribution in [0.3, 0.4) is 0 Å². The van der Waals surface area contributed by atoms with Gasteiger partial charge in [-0.1, -0.05) is 12.1 Å². The van der Waals surface area contributed by atoms with E-state index in [9.17, 15) is 0 Å². The van der Waals surface area contributed by atoms with Crippen molar-refractivity contribution in [1.82, 2.24) is 0 Å². The molecule has 0 aromatic heterocycles. The summed E-state index contributed by atoms with van der Waals surface area (Å²) in [5, 5.41) is 0. The molecule has 0 saturated carbocycles. The smallest absolute Gasteiger partial charge is 0.168 e. The highest BCUT2D eigenvalue weighted by Gasteiger charge is 2.22. The van der Waals surface area contributed by atoms with Crippen molar-refractivity contribution in [1.29, 1.82) is 0 Å². The molecule has 0 aliphatic rings. The van der Waals surface area contributed by atoms with E-state index >= 15 is 0 Å². The van der Waals surface area contributed by atoms with Gasteiger partial charge >= 0.3 is 0 Å². The average Bonchev–Trinajstić information content (AvgIpc) is 2.29. The summed E-state index contributed by atoms with van der Waals surface area (Å²) in [4.78, 5) is 2.08. The van der Waals surface area contributed by atoms with Gasteiger partial charge in [0.1, 0.15) is 0 Å². The number of nitrogens with zero attached hydrogens (tertiary/aromatic N) is 1. The van der Waals surface area contributed by atoms with Crippen molar-refractivity contribution in [2.75, 3.05) is 33.2 Å². The molecule has 0 N–H and O–H groups in total. The number of hydrogen-bond donors (Lipinski definition) is 0. The molecule has 16 heavy (non-hydrogen) atoms. The van der Waals surface area contributed by atoms with Crippen molar-refractivity contribution < 1.29 is 9.47 Å². The Balaban J connectivity index is 2.75. The maximum absolute atomic E-state index is 5.34. The summed E-state index contributed by atoms with van der Waals surface area (Å²) < 4.78 is 10.7. The van der Waals surface area contributed by atoms with E-state index in [1.807, 2.05) is 21.0 Å². The van der Waals surface area contributed by atoms with Gasteiger partial charge in [-0.15, -0.1) is 0 Å². The molecular formula is C13H21NO2. The minimum Gasteiger partial charge on any atom is -0.378 e. The molecule has 1 aromatic carbocycles. The highest BCUT2D eigenvalue weighted by molar-refractivity contribution is 5.46. The van der Waals surface area contributed by atoms with E-state index in [0.717, 1.165) is 6.42 Å². The van der Waals surface area contributed by atoms with Crippen molar-refractivity contribution >= 4 is 5.69 Å². The van der Waals surface area contributed by atoms with Crippen molar-refractivity contribution in [3.8, 4) is 0 Å². The molecule has 1 rings (SSSR count). The van der Waals surface area contributed by atoms with Crippen LogP contribution in [-0.2, 0) is 15.9 Å². The second kappa shape index (κ2) is 5.32. The lowest BCUT2D eigenvalue weighted by Crippen LogP contribution is -2.32.